The molecule has 1 rings (SSSR count). The zero-order valence-electron chi connectivity index (χ0n) is 7.06. The summed E-state index contributed by atoms with van der Waals surface area (Å²) in [6.07, 6.45) is 1.02. The highest BCUT2D eigenvalue weighted by Crippen LogP contribution is 2.28. The van der Waals surface area contributed by atoms with Crippen LogP contribution in [0, 0.1) is 0 Å². The van der Waals surface area contributed by atoms with Crippen LogP contribution < -0.4 is 0 Å². The van der Waals surface area contributed by atoms with Gasteiger partial charge in [-0.25, -0.2) is 0 Å². The largest absolute Gasteiger partial charge is 0.497 e. The van der Waals surface area contributed by atoms with Gasteiger partial charge < -0.3 is 4.74 Å². The predicted molar refractivity (Wildman–Crippen MR) is 43.0 cm³/mol. The van der Waals surface area contributed by atoms with Crippen molar-refractivity contribution in [2.45, 2.75) is 12.6 Å². The van der Waals surface area contributed by atoms with Gasteiger partial charge in [-0.3, -0.25) is 0 Å². The molecule has 4 heteroatoms. The van der Waals surface area contributed by atoms with Gasteiger partial charge in [0.1, 0.15) is 5.76 Å². The first-order chi connectivity index (χ1) is 6.04. The first-order valence-electron chi connectivity index (χ1n) is 3.73. The Labute approximate surface area is 74.2 Å². The monoisotopic (exact) mass is 190 g/mol. The van der Waals surface area contributed by atoms with Crippen molar-refractivity contribution < 1.29 is 17.9 Å². The third-order valence-corrected chi connectivity index (χ3v) is 1.65. The maximum atomic E-state index is 12.2. The second-order valence-electron chi connectivity index (χ2n) is 2.54. The highest BCUT2D eigenvalue weighted by Gasteiger charge is 2.31. The Morgan fingerprint density at radius 2 is 1.92 bits per heavy atom. The number of hydrogen-bond acceptors (Lipinski definition) is 1. The van der Waals surface area contributed by atoms with E-state index in [4.69, 9.17) is 4.74 Å². The van der Waals surface area contributed by atoms with E-state index in [9.17, 15) is 13.2 Å². The summed E-state index contributed by atoms with van der Waals surface area (Å²) in [5.41, 5.74) is -0.629. The van der Waals surface area contributed by atoms with E-state index in [1.54, 1.807) is 6.08 Å². The van der Waals surface area contributed by atoms with Crippen LogP contribution in [0.3, 0.4) is 0 Å². The zero-order chi connectivity index (χ0) is 9.90. The second kappa shape index (κ2) is 3.68. The Morgan fingerprint density at radius 3 is 2.46 bits per heavy atom. The summed E-state index contributed by atoms with van der Waals surface area (Å²) < 4.78 is 41.3. The van der Waals surface area contributed by atoms with Crippen LogP contribution in [0.2, 0.25) is 0 Å². The molecule has 0 amide bonds. The molecular weight excluding hydrogens is 181 g/mol. The van der Waals surface area contributed by atoms with Gasteiger partial charge in [0.15, 0.2) is 0 Å². The molecule has 72 valence electrons. The van der Waals surface area contributed by atoms with Crippen molar-refractivity contribution in [3.8, 4) is 0 Å². The molecule has 0 aromatic carbocycles. The van der Waals surface area contributed by atoms with Crippen molar-refractivity contribution in [3.05, 3.63) is 35.6 Å². The number of halogens is 3. The molecule has 0 N–H and O–H groups in total. The van der Waals surface area contributed by atoms with Gasteiger partial charge in [0, 0.05) is 0 Å². The number of alkyl halides is 3. The SMILES string of the molecule is COC1=CCC=C(C(F)(F)F)C=C1. The van der Waals surface area contributed by atoms with Gasteiger partial charge in [-0.2, -0.15) is 13.2 Å². The van der Waals surface area contributed by atoms with Gasteiger partial charge in [0.2, 0.25) is 0 Å². The molecule has 0 saturated carbocycles. The smallest absolute Gasteiger partial charge is 0.416 e. The van der Waals surface area contributed by atoms with E-state index in [0.29, 0.717) is 5.76 Å². The Bertz CT molecular complexity index is 271. The van der Waals surface area contributed by atoms with Crippen LogP contribution >= 0.6 is 0 Å². The van der Waals surface area contributed by atoms with Gasteiger partial charge >= 0.3 is 6.18 Å². The van der Waals surface area contributed by atoms with Gasteiger partial charge in [-0.05, 0) is 24.6 Å². The fourth-order valence-electron chi connectivity index (χ4n) is 0.972. The summed E-state index contributed by atoms with van der Waals surface area (Å²) in [5, 5.41) is 0. The third-order valence-electron chi connectivity index (χ3n) is 1.65. The van der Waals surface area contributed by atoms with Crippen LogP contribution in [0.1, 0.15) is 6.42 Å². The predicted octanol–water partition coefficient (Wildman–Crippen LogP) is 2.97. The van der Waals surface area contributed by atoms with Crippen LogP contribution in [-0.2, 0) is 4.74 Å². The molecular formula is C9H9F3O. The molecule has 0 bridgehead atoms. The molecule has 0 heterocycles. The average molecular weight is 190 g/mol. The molecule has 0 saturated heterocycles. The van der Waals surface area contributed by atoms with Crippen molar-refractivity contribution in [2.24, 2.45) is 0 Å². The topological polar surface area (TPSA) is 9.23 Å². The van der Waals surface area contributed by atoms with E-state index in [2.05, 4.69) is 0 Å². The Balaban J connectivity index is 2.81. The second-order valence-corrected chi connectivity index (χ2v) is 2.54. The number of ether oxygens (including phenoxy) is 1. The van der Waals surface area contributed by atoms with Gasteiger partial charge in [-0.1, -0.05) is 6.08 Å². The van der Waals surface area contributed by atoms with Crippen molar-refractivity contribution in [1.29, 1.82) is 0 Å². The molecule has 0 aromatic heterocycles. The average Bonchev–Trinajstić information content (AvgIpc) is 2.26. The molecule has 0 spiro atoms. The third kappa shape index (κ3) is 2.65. The summed E-state index contributed by atoms with van der Waals surface area (Å²) in [5.74, 6) is 0.454. The van der Waals surface area contributed by atoms with E-state index in [0.717, 1.165) is 12.2 Å². The summed E-state index contributed by atoms with van der Waals surface area (Å²) in [6, 6.07) is 0. The lowest BCUT2D eigenvalue weighted by molar-refractivity contribution is -0.0883. The Morgan fingerprint density at radius 1 is 1.23 bits per heavy atom. The lowest BCUT2D eigenvalue weighted by atomic mass is 10.2. The van der Waals surface area contributed by atoms with Gasteiger partial charge in [0.05, 0.1) is 12.7 Å². The summed E-state index contributed by atoms with van der Waals surface area (Å²) in [4.78, 5) is 0. The molecule has 0 radical (unpaired) electrons. The van der Waals surface area contributed by atoms with Crippen LogP contribution in [-0.4, -0.2) is 13.3 Å². The van der Waals surface area contributed by atoms with E-state index in [-0.39, 0.29) is 6.42 Å². The van der Waals surface area contributed by atoms with Crippen LogP contribution in [0.25, 0.3) is 0 Å². The molecule has 1 aliphatic rings. The number of allylic oxidation sites excluding steroid dienone is 5. The first-order valence-corrected chi connectivity index (χ1v) is 3.73. The molecule has 0 fully saturated rings. The van der Waals surface area contributed by atoms with Crippen LogP contribution in [0.4, 0.5) is 13.2 Å². The normalized spacial score (nSPS) is 17.5. The highest BCUT2D eigenvalue weighted by molar-refractivity contribution is 5.32. The van der Waals surface area contributed by atoms with E-state index >= 15 is 0 Å². The maximum absolute atomic E-state index is 12.2. The van der Waals surface area contributed by atoms with Crippen LogP contribution in [0.5, 0.6) is 0 Å². The minimum atomic E-state index is -4.27. The van der Waals surface area contributed by atoms with Crippen molar-refractivity contribution in [1.82, 2.24) is 0 Å². The van der Waals surface area contributed by atoms with Crippen molar-refractivity contribution in [3.63, 3.8) is 0 Å². The summed E-state index contributed by atoms with van der Waals surface area (Å²) >= 11 is 0. The summed E-state index contributed by atoms with van der Waals surface area (Å²) in [7, 11) is 1.43. The highest BCUT2D eigenvalue weighted by atomic mass is 19.4. The lowest BCUT2D eigenvalue weighted by Gasteiger charge is -2.05. The Kier molecular flexibility index (Phi) is 2.80. The molecule has 0 aromatic rings. The maximum Gasteiger partial charge on any atom is 0.416 e. The summed E-state index contributed by atoms with van der Waals surface area (Å²) in [6.45, 7) is 0. The molecule has 1 aliphatic carbocycles. The molecule has 0 aliphatic heterocycles. The number of hydrogen-bond donors (Lipinski definition) is 0. The lowest BCUT2D eigenvalue weighted by Crippen LogP contribution is -2.09. The standard InChI is InChI=1S/C9H9F3O/c1-13-8-4-2-3-7(5-6-8)9(10,11)12/h3-6H,2H2,1H3. The fourth-order valence-corrected chi connectivity index (χ4v) is 0.972. The van der Waals surface area contributed by atoms with Crippen molar-refractivity contribution >= 4 is 0 Å². The quantitative estimate of drug-likeness (QED) is 0.617. The minimum Gasteiger partial charge on any atom is -0.497 e. The van der Waals surface area contributed by atoms with Gasteiger partial charge in [-0.15, -0.1) is 0 Å². The number of methoxy groups -OCH3 is 1. The number of rotatable bonds is 1. The first kappa shape index (κ1) is 9.89. The fraction of sp³-hybridized carbons (Fsp3) is 0.333. The van der Waals surface area contributed by atoms with E-state index in [1.165, 1.54) is 13.2 Å². The van der Waals surface area contributed by atoms with E-state index in [1.807, 2.05) is 0 Å². The molecule has 0 atom stereocenters. The molecule has 1 nitrogen and oxygen atoms in total. The molecule has 0 unspecified atom stereocenters. The minimum absolute atomic E-state index is 0.241. The molecule has 13 heavy (non-hydrogen) atoms. The van der Waals surface area contributed by atoms with Crippen LogP contribution in [0.15, 0.2) is 35.6 Å². The van der Waals surface area contributed by atoms with E-state index < -0.39 is 11.7 Å². The van der Waals surface area contributed by atoms with Crippen molar-refractivity contribution in [2.75, 3.05) is 7.11 Å². The van der Waals surface area contributed by atoms with Gasteiger partial charge in [0.25, 0.3) is 0 Å². The Hall–Kier alpha value is -1.19. The zero-order valence-corrected chi connectivity index (χ0v) is 7.06.